The van der Waals surface area contributed by atoms with Gasteiger partial charge in [-0.05, 0) is 40.6 Å². The minimum Gasteiger partial charge on any atom is -0.387 e. The summed E-state index contributed by atoms with van der Waals surface area (Å²) in [5, 5.41) is 14.2. The largest absolute Gasteiger partial charge is 0.387 e. The lowest BCUT2D eigenvalue weighted by atomic mass is 9.72. The minimum atomic E-state index is -0.308. The lowest BCUT2D eigenvalue weighted by molar-refractivity contribution is -0.0394. The molecule has 0 radical (unpaired) electrons. The SMILES string of the molecule is CCCC1(CCC)CN(CC(O)c2ccsc2)C1. The summed E-state index contributed by atoms with van der Waals surface area (Å²) in [6.07, 6.45) is 4.93. The Morgan fingerprint density at radius 1 is 1.33 bits per heavy atom. The van der Waals surface area contributed by atoms with E-state index in [1.807, 2.05) is 11.4 Å². The van der Waals surface area contributed by atoms with Crippen molar-refractivity contribution in [2.24, 2.45) is 5.41 Å². The summed E-state index contributed by atoms with van der Waals surface area (Å²) in [5.41, 5.74) is 1.63. The average Bonchev–Trinajstić information content (AvgIpc) is 2.80. The van der Waals surface area contributed by atoms with Crippen LogP contribution in [0.1, 0.15) is 51.2 Å². The van der Waals surface area contributed by atoms with E-state index in [-0.39, 0.29) is 6.10 Å². The summed E-state index contributed by atoms with van der Waals surface area (Å²) >= 11 is 1.66. The topological polar surface area (TPSA) is 23.5 Å². The molecule has 1 aliphatic rings. The average molecular weight is 267 g/mol. The molecule has 0 aliphatic carbocycles. The molecule has 2 rings (SSSR count). The van der Waals surface area contributed by atoms with Crippen molar-refractivity contribution < 1.29 is 5.11 Å². The Morgan fingerprint density at radius 2 is 2.00 bits per heavy atom. The van der Waals surface area contributed by atoms with E-state index >= 15 is 0 Å². The number of hydrogen-bond donors (Lipinski definition) is 1. The Hall–Kier alpha value is -0.380. The van der Waals surface area contributed by atoms with E-state index in [0.29, 0.717) is 5.41 Å². The van der Waals surface area contributed by atoms with Crippen LogP contribution in [-0.4, -0.2) is 29.6 Å². The van der Waals surface area contributed by atoms with E-state index in [4.69, 9.17) is 0 Å². The van der Waals surface area contributed by atoms with Gasteiger partial charge in [0, 0.05) is 19.6 Å². The Labute approximate surface area is 115 Å². The predicted octanol–water partition coefficient (Wildman–Crippen LogP) is 3.68. The molecule has 3 heteroatoms. The second kappa shape index (κ2) is 6.18. The van der Waals surface area contributed by atoms with Gasteiger partial charge in [0.1, 0.15) is 0 Å². The fraction of sp³-hybridized carbons (Fsp3) is 0.733. The van der Waals surface area contributed by atoms with Gasteiger partial charge in [-0.2, -0.15) is 11.3 Å². The van der Waals surface area contributed by atoms with E-state index in [1.165, 1.54) is 38.8 Å². The van der Waals surface area contributed by atoms with Gasteiger partial charge in [-0.3, -0.25) is 4.90 Å². The minimum absolute atomic E-state index is 0.308. The lowest BCUT2D eigenvalue weighted by Crippen LogP contribution is -2.57. The second-order valence-corrected chi connectivity index (χ2v) is 6.52. The van der Waals surface area contributed by atoms with Crippen molar-refractivity contribution in [3.63, 3.8) is 0 Å². The number of rotatable bonds is 7. The van der Waals surface area contributed by atoms with Crippen LogP contribution < -0.4 is 0 Å². The van der Waals surface area contributed by atoms with Crippen LogP contribution in [0.5, 0.6) is 0 Å². The predicted molar refractivity (Wildman–Crippen MR) is 78.0 cm³/mol. The van der Waals surface area contributed by atoms with Crippen LogP contribution in [0.2, 0.25) is 0 Å². The number of thiophene rings is 1. The van der Waals surface area contributed by atoms with Gasteiger partial charge in [-0.15, -0.1) is 0 Å². The van der Waals surface area contributed by atoms with Crippen LogP contribution in [0.25, 0.3) is 0 Å². The molecule has 2 heterocycles. The highest BCUT2D eigenvalue weighted by atomic mass is 32.1. The summed E-state index contributed by atoms with van der Waals surface area (Å²) in [4.78, 5) is 2.41. The molecule has 1 aromatic heterocycles. The highest BCUT2D eigenvalue weighted by Crippen LogP contribution is 2.40. The molecule has 0 amide bonds. The van der Waals surface area contributed by atoms with Crippen LogP contribution >= 0.6 is 11.3 Å². The van der Waals surface area contributed by atoms with E-state index in [1.54, 1.807) is 11.3 Å². The quantitative estimate of drug-likeness (QED) is 0.814. The summed E-state index contributed by atoms with van der Waals surface area (Å²) in [7, 11) is 0. The lowest BCUT2D eigenvalue weighted by Gasteiger charge is -2.51. The third-order valence-electron chi connectivity index (χ3n) is 4.04. The van der Waals surface area contributed by atoms with Crippen molar-refractivity contribution >= 4 is 11.3 Å². The molecule has 1 aliphatic heterocycles. The van der Waals surface area contributed by atoms with E-state index in [0.717, 1.165) is 12.1 Å². The Morgan fingerprint density at radius 3 is 2.50 bits per heavy atom. The fourth-order valence-electron chi connectivity index (χ4n) is 3.35. The molecule has 0 spiro atoms. The molecule has 0 saturated carbocycles. The number of nitrogens with zero attached hydrogens (tertiary/aromatic N) is 1. The monoisotopic (exact) mass is 267 g/mol. The van der Waals surface area contributed by atoms with Crippen LogP contribution in [0.4, 0.5) is 0 Å². The van der Waals surface area contributed by atoms with Crippen molar-refractivity contribution in [2.45, 2.75) is 45.6 Å². The number of aliphatic hydroxyl groups excluding tert-OH is 1. The molecule has 1 fully saturated rings. The Balaban J connectivity index is 1.81. The van der Waals surface area contributed by atoms with Crippen molar-refractivity contribution in [3.8, 4) is 0 Å². The summed E-state index contributed by atoms with van der Waals surface area (Å²) in [6, 6.07) is 2.03. The molecular weight excluding hydrogens is 242 g/mol. The number of β-amino-alcohol motifs (C(OH)–C–C–N with tert-alkyl or cyclic N) is 1. The summed E-state index contributed by atoms with van der Waals surface area (Å²) in [6.45, 7) is 7.71. The molecular formula is C15H25NOS. The molecule has 1 atom stereocenters. The van der Waals surface area contributed by atoms with Crippen molar-refractivity contribution in [3.05, 3.63) is 22.4 Å². The van der Waals surface area contributed by atoms with Gasteiger partial charge in [0.15, 0.2) is 0 Å². The Kier molecular flexibility index (Phi) is 4.82. The first-order valence-electron chi connectivity index (χ1n) is 7.11. The highest BCUT2D eigenvalue weighted by Gasteiger charge is 2.41. The number of aliphatic hydroxyl groups is 1. The molecule has 1 unspecified atom stereocenters. The maximum absolute atomic E-state index is 10.1. The second-order valence-electron chi connectivity index (χ2n) is 5.74. The Bertz CT molecular complexity index is 335. The van der Waals surface area contributed by atoms with Gasteiger partial charge in [0.05, 0.1) is 6.10 Å². The molecule has 0 aromatic carbocycles. The van der Waals surface area contributed by atoms with Crippen LogP contribution in [0.3, 0.4) is 0 Å². The normalized spacial score (nSPS) is 20.6. The van der Waals surface area contributed by atoms with E-state index in [2.05, 4.69) is 24.1 Å². The molecule has 102 valence electrons. The van der Waals surface area contributed by atoms with Gasteiger partial charge in [0.25, 0.3) is 0 Å². The number of likely N-dealkylation sites (tertiary alicyclic amines) is 1. The first-order valence-corrected chi connectivity index (χ1v) is 8.06. The molecule has 18 heavy (non-hydrogen) atoms. The molecule has 0 bridgehead atoms. The van der Waals surface area contributed by atoms with Gasteiger partial charge < -0.3 is 5.11 Å². The van der Waals surface area contributed by atoms with Crippen molar-refractivity contribution in [1.82, 2.24) is 4.90 Å². The van der Waals surface area contributed by atoms with Crippen molar-refractivity contribution in [1.29, 1.82) is 0 Å². The standard InChI is InChI=1S/C15H25NOS/c1-3-6-15(7-4-2)11-16(12-15)9-14(17)13-5-8-18-10-13/h5,8,10,14,17H,3-4,6-7,9,11-12H2,1-2H3. The third kappa shape index (κ3) is 3.14. The van der Waals surface area contributed by atoms with E-state index in [9.17, 15) is 5.11 Å². The van der Waals surface area contributed by atoms with Crippen LogP contribution in [0.15, 0.2) is 16.8 Å². The molecule has 2 nitrogen and oxygen atoms in total. The van der Waals surface area contributed by atoms with Gasteiger partial charge in [0.2, 0.25) is 0 Å². The molecule has 1 saturated heterocycles. The molecule has 1 N–H and O–H groups in total. The number of hydrogen-bond acceptors (Lipinski definition) is 3. The van der Waals surface area contributed by atoms with Crippen molar-refractivity contribution in [2.75, 3.05) is 19.6 Å². The summed E-state index contributed by atoms with van der Waals surface area (Å²) < 4.78 is 0. The maximum Gasteiger partial charge on any atom is 0.0924 e. The zero-order valence-electron chi connectivity index (χ0n) is 11.6. The first-order chi connectivity index (χ1) is 8.69. The third-order valence-corrected chi connectivity index (χ3v) is 4.74. The zero-order chi connectivity index (χ0) is 13.0. The fourth-order valence-corrected chi connectivity index (χ4v) is 4.05. The highest BCUT2D eigenvalue weighted by molar-refractivity contribution is 7.07. The summed E-state index contributed by atoms with van der Waals surface area (Å²) in [5.74, 6) is 0. The zero-order valence-corrected chi connectivity index (χ0v) is 12.4. The molecule has 1 aromatic rings. The van der Waals surface area contributed by atoms with Crippen LogP contribution in [-0.2, 0) is 0 Å². The van der Waals surface area contributed by atoms with Crippen LogP contribution in [0, 0.1) is 5.41 Å². The van der Waals surface area contributed by atoms with Gasteiger partial charge in [-0.25, -0.2) is 0 Å². The van der Waals surface area contributed by atoms with E-state index < -0.39 is 0 Å². The van der Waals surface area contributed by atoms with Gasteiger partial charge >= 0.3 is 0 Å². The van der Waals surface area contributed by atoms with Gasteiger partial charge in [-0.1, -0.05) is 26.7 Å². The maximum atomic E-state index is 10.1. The first kappa shape index (κ1) is 14.0. The smallest absolute Gasteiger partial charge is 0.0924 e.